The van der Waals surface area contributed by atoms with Crippen molar-refractivity contribution in [3.63, 3.8) is 0 Å². The summed E-state index contributed by atoms with van der Waals surface area (Å²) in [6.07, 6.45) is 2.05. The van der Waals surface area contributed by atoms with Crippen molar-refractivity contribution in [2.75, 3.05) is 0 Å². The molecule has 70 valence electrons. The average molecular weight is 179 g/mol. The highest BCUT2D eigenvalue weighted by atomic mass is 19.1. The zero-order valence-corrected chi connectivity index (χ0v) is 8.02. The number of hydrogen-bond acceptors (Lipinski definition) is 1. The van der Waals surface area contributed by atoms with Crippen LogP contribution in [0.3, 0.4) is 0 Å². The lowest BCUT2D eigenvalue weighted by atomic mass is 9.97. The van der Waals surface area contributed by atoms with Gasteiger partial charge in [0.2, 0.25) is 0 Å². The van der Waals surface area contributed by atoms with Crippen molar-refractivity contribution in [1.82, 2.24) is 0 Å². The number of rotatable bonds is 1. The molecule has 0 heterocycles. The molecule has 13 heavy (non-hydrogen) atoms. The second-order valence-electron chi connectivity index (χ2n) is 4.07. The van der Waals surface area contributed by atoms with E-state index in [0.717, 1.165) is 24.0 Å². The van der Waals surface area contributed by atoms with Crippen LogP contribution in [-0.2, 0) is 5.54 Å². The molecule has 0 aromatic heterocycles. The summed E-state index contributed by atoms with van der Waals surface area (Å²) in [5, 5.41) is 0. The van der Waals surface area contributed by atoms with E-state index < -0.39 is 0 Å². The first-order chi connectivity index (χ1) is 6.03. The van der Waals surface area contributed by atoms with Gasteiger partial charge in [-0.1, -0.05) is 6.07 Å². The Morgan fingerprint density at radius 3 is 2.38 bits per heavy atom. The van der Waals surface area contributed by atoms with Gasteiger partial charge in [0.25, 0.3) is 0 Å². The van der Waals surface area contributed by atoms with Crippen LogP contribution in [0.25, 0.3) is 0 Å². The summed E-state index contributed by atoms with van der Waals surface area (Å²) in [5.41, 5.74) is 8.70. The first-order valence-corrected chi connectivity index (χ1v) is 4.59. The van der Waals surface area contributed by atoms with Crippen LogP contribution in [0, 0.1) is 19.7 Å². The van der Waals surface area contributed by atoms with E-state index in [0.29, 0.717) is 5.56 Å². The standard InChI is InChI=1S/C11H14FN/c1-7-6-10(12)8(2)5-9(7)11(13)3-4-11/h5-6H,3-4,13H2,1-2H3. The molecule has 1 aromatic rings. The Labute approximate surface area is 77.8 Å². The smallest absolute Gasteiger partial charge is 0.126 e. The zero-order chi connectivity index (χ0) is 9.64. The van der Waals surface area contributed by atoms with Crippen LogP contribution in [0.1, 0.15) is 29.5 Å². The molecule has 0 unspecified atom stereocenters. The second-order valence-corrected chi connectivity index (χ2v) is 4.07. The van der Waals surface area contributed by atoms with E-state index in [1.165, 1.54) is 0 Å². The molecule has 0 saturated heterocycles. The lowest BCUT2D eigenvalue weighted by molar-refractivity contribution is 0.612. The lowest BCUT2D eigenvalue weighted by Gasteiger charge is -2.13. The molecule has 1 aromatic carbocycles. The second kappa shape index (κ2) is 2.55. The van der Waals surface area contributed by atoms with Gasteiger partial charge < -0.3 is 5.73 Å². The van der Waals surface area contributed by atoms with Crippen molar-refractivity contribution in [3.8, 4) is 0 Å². The van der Waals surface area contributed by atoms with E-state index in [-0.39, 0.29) is 11.4 Å². The van der Waals surface area contributed by atoms with E-state index in [4.69, 9.17) is 5.73 Å². The fraction of sp³-hybridized carbons (Fsp3) is 0.455. The van der Waals surface area contributed by atoms with Crippen molar-refractivity contribution >= 4 is 0 Å². The normalized spacial score (nSPS) is 18.8. The highest BCUT2D eigenvalue weighted by Crippen LogP contribution is 2.44. The maximum atomic E-state index is 13.1. The molecular weight excluding hydrogens is 165 g/mol. The molecule has 1 nitrogen and oxygen atoms in total. The number of hydrogen-bond donors (Lipinski definition) is 1. The molecule has 0 atom stereocenters. The summed E-state index contributed by atoms with van der Waals surface area (Å²) >= 11 is 0. The van der Waals surface area contributed by atoms with Gasteiger partial charge in [-0.25, -0.2) is 4.39 Å². The monoisotopic (exact) mass is 179 g/mol. The fourth-order valence-electron chi connectivity index (χ4n) is 1.72. The molecule has 0 amide bonds. The Bertz CT molecular complexity index is 353. The molecule has 0 spiro atoms. The summed E-state index contributed by atoms with van der Waals surface area (Å²) in [7, 11) is 0. The summed E-state index contributed by atoms with van der Waals surface area (Å²) in [4.78, 5) is 0. The number of halogens is 1. The van der Waals surface area contributed by atoms with Gasteiger partial charge in [-0.15, -0.1) is 0 Å². The molecule has 0 radical (unpaired) electrons. The molecule has 1 aliphatic rings. The van der Waals surface area contributed by atoms with Gasteiger partial charge in [-0.3, -0.25) is 0 Å². The average Bonchev–Trinajstić information content (AvgIpc) is 2.77. The minimum atomic E-state index is -0.150. The van der Waals surface area contributed by atoms with Crippen LogP contribution in [0.4, 0.5) is 4.39 Å². The highest BCUT2D eigenvalue weighted by molar-refractivity contribution is 5.39. The van der Waals surface area contributed by atoms with Gasteiger partial charge in [-0.05, 0) is 49.4 Å². The molecule has 0 aliphatic heterocycles. The van der Waals surface area contributed by atoms with Crippen LogP contribution in [0.5, 0.6) is 0 Å². The summed E-state index contributed by atoms with van der Waals surface area (Å²) < 4.78 is 13.1. The van der Waals surface area contributed by atoms with Crippen molar-refractivity contribution in [3.05, 3.63) is 34.6 Å². The molecule has 0 bridgehead atoms. The Morgan fingerprint density at radius 2 is 1.85 bits per heavy atom. The van der Waals surface area contributed by atoms with E-state index in [9.17, 15) is 4.39 Å². The van der Waals surface area contributed by atoms with Crippen LogP contribution in [0.2, 0.25) is 0 Å². The molecule has 2 N–H and O–H groups in total. The number of benzene rings is 1. The van der Waals surface area contributed by atoms with Gasteiger partial charge in [0.15, 0.2) is 0 Å². The highest BCUT2D eigenvalue weighted by Gasteiger charge is 2.41. The third kappa shape index (κ3) is 1.35. The van der Waals surface area contributed by atoms with Gasteiger partial charge in [0.1, 0.15) is 5.82 Å². The third-order valence-corrected chi connectivity index (χ3v) is 2.83. The van der Waals surface area contributed by atoms with Gasteiger partial charge in [-0.2, -0.15) is 0 Å². The number of nitrogens with two attached hydrogens (primary N) is 1. The fourth-order valence-corrected chi connectivity index (χ4v) is 1.72. The predicted octanol–water partition coefficient (Wildman–Crippen LogP) is 2.39. The zero-order valence-electron chi connectivity index (χ0n) is 8.02. The predicted molar refractivity (Wildman–Crippen MR) is 51.0 cm³/mol. The van der Waals surface area contributed by atoms with E-state index in [2.05, 4.69) is 0 Å². The topological polar surface area (TPSA) is 26.0 Å². The number of aryl methyl sites for hydroxylation is 2. The van der Waals surface area contributed by atoms with Gasteiger partial charge in [0, 0.05) is 5.54 Å². The molecule has 2 rings (SSSR count). The third-order valence-electron chi connectivity index (χ3n) is 2.83. The molecule has 2 heteroatoms. The maximum absolute atomic E-state index is 13.1. The van der Waals surface area contributed by atoms with Crippen molar-refractivity contribution < 1.29 is 4.39 Å². The van der Waals surface area contributed by atoms with E-state index in [1.807, 2.05) is 13.0 Å². The van der Waals surface area contributed by atoms with Crippen molar-refractivity contribution in [2.24, 2.45) is 5.73 Å². The van der Waals surface area contributed by atoms with E-state index >= 15 is 0 Å². The van der Waals surface area contributed by atoms with Gasteiger partial charge >= 0.3 is 0 Å². The molecule has 1 fully saturated rings. The van der Waals surface area contributed by atoms with Crippen LogP contribution in [0.15, 0.2) is 12.1 Å². The Hall–Kier alpha value is -0.890. The largest absolute Gasteiger partial charge is 0.321 e. The van der Waals surface area contributed by atoms with Crippen LogP contribution in [-0.4, -0.2) is 0 Å². The minimum Gasteiger partial charge on any atom is -0.321 e. The first kappa shape index (κ1) is 8.70. The Kier molecular flexibility index (Phi) is 1.70. The minimum absolute atomic E-state index is 0.134. The summed E-state index contributed by atoms with van der Waals surface area (Å²) in [6.45, 7) is 3.70. The van der Waals surface area contributed by atoms with Crippen molar-refractivity contribution in [1.29, 1.82) is 0 Å². The van der Waals surface area contributed by atoms with Crippen LogP contribution >= 0.6 is 0 Å². The Balaban J connectivity index is 2.52. The molecule has 1 aliphatic carbocycles. The molecular formula is C11H14FN. The van der Waals surface area contributed by atoms with E-state index in [1.54, 1.807) is 13.0 Å². The molecule has 1 saturated carbocycles. The maximum Gasteiger partial charge on any atom is 0.126 e. The first-order valence-electron chi connectivity index (χ1n) is 4.59. The quantitative estimate of drug-likeness (QED) is 0.703. The SMILES string of the molecule is Cc1cc(C2(N)CC2)c(C)cc1F. The Morgan fingerprint density at radius 1 is 1.23 bits per heavy atom. The van der Waals surface area contributed by atoms with Gasteiger partial charge in [0.05, 0.1) is 0 Å². The lowest BCUT2D eigenvalue weighted by Crippen LogP contribution is -2.20. The summed E-state index contributed by atoms with van der Waals surface area (Å²) in [5.74, 6) is -0.134. The summed E-state index contributed by atoms with van der Waals surface area (Å²) in [6, 6.07) is 3.47. The van der Waals surface area contributed by atoms with Crippen molar-refractivity contribution in [2.45, 2.75) is 32.2 Å². The van der Waals surface area contributed by atoms with Crippen LogP contribution < -0.4 is 5.73 Å².